The predicted octanol–water partition coefficient (Wildman–Crippen LogP) is 3.30. The number of piperidine rings is 1. The zero-order valence-corrected chi connectivity index (χ0v) is 13.5. The molecule has 0 amide bonds. The Morgan fingerprint density at radius 2 is 1.95 bits per heavy atom. The van der Waals surface area contributed by atoms with Gasteiger partial charge in [-0.1, -0.05) is 18.6 Å². The highest BCUT2D eigenvalue weighted by Gasteiger charge is 2.23. The van der Waals surface area contributed by atoms with Crippen molar-refractivity contribution in [3.8, 4) is 6.07 Å². The summed E-state index contributed by atoms with van der Waals surface area (Å²) in [5.41, 5.74) is 2.22. The lowest BCUT2D eigenvalue weighted by Gasteiger charge is -2.37. The quantitative estimate of drug-likeness (QED) is 0.922. The van der Waals surface area contributed by atoms with Gasteiger partial charge in [-0.15, -0.1) is 0 Å². The molecular formula is C18H27N3. The third-order valence-corrected chi connectivity index (χ3v) is 4.09. The minimum atomic E-state index is 0.178. The van der Waals surface area contributed by atoms with Gasteiger partial charge < -0.3 is 5.32 Å². The molecule has 1 aromatic rings. The lowest BCUT2D eigenvalue weighted by atomic mass is 9.99. The topological polar surface area (TPSA) is 39.1 Å². The van der Waals surface area contributed by atoms with Crippen LogP contribution in [0.5, 0.6) is 0 Å². The highest BCUT2D eigenvalue weighted by atomic mass is 15.2. The number of nitrogens with zero attached hydrogens (tertiary/aromatic N) is 2. The van der Waals surface area contributed by atoms with Gasteiger partial charge in [-0.05, 0) is 57.9 Å². The average Bonchev–Trinajstić information content (AvgIpc) is 2.46. The molecule has 0 aromatic heterocycles. The lowest BCUT2D eigenvalue weighted by Crippen LogP contribution is -2.49. The lowest BCUT2D eigenvalue weighted by molar-refractivity contribution is 0.131. The Hall–Kier alpha value is -1.37. The van der Waals surface area contributed by atoms with Crippen molar-refractivity contribution < 1.29 is 0 Å². The van der Waals surface area contributed by atoms with Gasteiger partial charge in [0.15, 0.2) is 0 Å². The van der Waals surface area contributed by atoms with E-state index in [0.29, 0.717) is 6.04 Å². The van der Waals surface area contributed by atoms with E-state index in [0.717, 1.165) is 18.7 Å². The zero-order valence-electron chi connectivity index (χ0n) is 13.5. The maximum atomic E-state index is 8.87. The first kappa shape index (κ1) is 16.0. The van der Waals surface area contributed by atoms with Crippen LogP contribution in [0.4, 0.5) is 0 Å². The minimum Gasteiger partial charge on any atom is -0.311 e. The fourth-order valence-electron chi connectivity index (χ4n) is 2.84. The van der Waals surface area contributed by atoms with Crippen LogP contribution in [0.15, 0.2) is 24.3 Å². The SMILES string of the molecule is CC(C)(C)NCC1CCCCN1Cc1ccc(C#N)cc1. The number of nitriles is 1. The van der Waals surface area contributed by atoms with Crippen LogP contribution < -0.4 is 5.32 Å². The van der Waals surface area contributed by atoms with E-state index in [1.165, 1.54) is 31.4 Å². The molecule has 0 saturated carbocycles. The molecule has 1 saturated heterocycles. The summed E-state index contributed by atoms with van der Waals surface area (Å²) >= 11 is 0. The summed E-state index contributed by atoms with van der Waals surface area (Å²) in [6, 6.07) is 10.8. The summed E-state index contributed by atoms with van der Waals surface area (Å²) in [5.74, 6) is 0. The molecule has 0 spiro atoms. The van der Waals surface area contributed by atoms with E-state index in [1.807, 2.05) is 12.1 Å². The van der Waals surface area contributed by atoms with Crippen molar-refractivity contribution in [2.24, 2.45) is 0 Å². The molecule has 3 nitrogen and oxygen atoms in total. The van der Waals surface area contributed by atoms with Gasteiger partial charge in [0.2, 0.25) is 0 Å². The molecule has 1 heterocycles. The molecule has 1 unspecified atom stereocenters. The van der Waals surface area contributed by atoms with E-state index in [9.17, 15) is 0 Å². The maximum Gasteiger partial charge on any atom is 0.0991 e. The Bertz CT molecular complexity index is 479. The standard InChI is InChI=1S/C18H27N3/c1-18(2,3)20-13-17-6-4-5-11-21(17)14-16-9-7-15(12-19)8-10-16/h7-10,17,20H,4-6,11,13-14H2,1-3H3. The Balaban J connectivity index is 1.96. The number of rotatable bonds is 4. The van der Waals surface area contributed by atoms with Crippen LogP contribution in [-0.2, 0) is 6.54 Å². The van der Waals surface area contributed by atoms with Gasteiger partial charge in [0.25, 0.3) is 0 Å². The summed E-state index contributed by atoms with van der Waals surface area (Å²) < 4.78 is 0. The molecule has 114 valence electrons. The largest absolute Gasteiger partial charge is 0.311 e. The van der Waals surface area contributed by atoms with E-state index in [1.54, 1.807) is 0 Å². The van der Waals surface area contributed by atoms with Crippen molar-refractivity contribution in [2.75, 3.05) is 13.1 Å². The predicted molar refractivity (Wildman–Crippen MR) is 87.0 cm³/mol. The fraction of sp³-hybridized carbons (Fsp3) is 0.611. The third kappa shape index (κ3) is 5.15. The van der Waals surface area contributed by atoms with E-state index in [4.69, 9.17) is 5.26 Å². The normalized spacial score (nSPS) is 20.2. The number of hydrogen-bond acceptors (Lipinski definition) is 3. The van der Waals surface area contributed by atoms with Crippen molar-refractivity contribution in [2.45, 2.75) is 58.2 Å². The summed E-state index contributed by atoms with van der Waals surface area (Å²) in [7, 11) is 0. The van der Waals surface area contributed by atoms with Crippen LogP contribution in [0.1, 0.15) is 51.2 Å². The first-order valence-corrected chi connectivity index (χ1v) is 7.96. The van der Waals surface area contributed by atoms with Gasteiger partial charge >= 0.3 is 0 Å². The molecule has 1 N–H and O–H groups in total. The highest BCUT2D eigenvalue weighted by Crippen LogP contribution is 2.20. The smallest absolute Gasteiger partial charge is 0.0991 e. The molecule has 3 heteroatoms. The van der Waals surface area contributed by atoms with Crippen LogP contribution in [-0.4, -0.2) is 29.6 Å². The van der Waals surface area contributed by atoms with Crippen LogP contribution in [0.3, 0.4) is 0 Å². The Morgan fingerprint density at radius 1 is 1.24 bits per heavy atom. The number of hydrogen-bond donors (Lipinski definition) is 1. The van der Waals surface area contributed by atoms with Gasteiger partial charge in [-0.25, -0.2) is 0 Å². The van der Waals surface area contributed by atoms with Crippen molar-refractivity contribution in [1.29, 1.82) is 5.26 Å². The van der Waals surface area contributed by atoms with Gasteiger partial charge in [-0.3, -0.25) is 4.90 Å². The second-order valence-corrected chi connectivity index (χ2v) is 7.06. The first-order chi connectivity index (χ1) is 9.98. The zero-order chi connectivity index (χ0) is 15.3. The van der Waals surface area contributed by atoms with Gasteiger partial charge in [0.05, 0.1) is 11.6 Å². The molecule has 1 fully saturated rings. The molecule has 2 rings (SSSR count). The Morgan fingerprint density at radius 3 is 2.57 bits per heavy atom. The van der Waals surface area contributed by atoms with Gasteiger partial charge in [0, 0.05) is 24.7 Å². The summed E-state index contributed by atoms with van der Waals surface area (Å²) in [6.45, 7) is 9.89. The monoisotopic (exact) mass is 285 g/mol. The van der Waals surface area contributed by atoms with Crippen LogP contribution >= 0.6 is 0 Å². The van der Waals surface area contributed by atoms with Crippen molar-refractivity contribution in [3.05, 3.63) is 35.4 Å². The number of benzene rings is 1. The maximum absolute atomic E-state index is 8.87. The summed E-state index contributed by atoms with van der Waals surface area (Å²) in [5, 5.41) is 12.5. The van der Waals surface area contributed by atoms with E-state index < -0.39 is 0 Å². The van der Waals surface area contributed by atoms with Crippen molar-refractivity contribution in [1.82, 2.24) is 10.2 Å². The van der Waals surface area contributed by atoms with E-state index in [2.05, 4.69) is 49.2 Å². The molecule has 1 atom stereocenters. The molecule has 1 aromatic carbocycles. The van der Waals surface area contributed by atoms with E-state index in [-0.39, 0.29) is 5.54 Å². The molecule has 21 heavy (non-hydrogen) atoms. The number of nitrogens with one attached hydrogen (secondary N) is 1. The molecule has 0 bridgehead atoms. The Labute approximate surface area is 129 Å². The van der Waals surface area contributed by atoms with Gasteiger partial charge in [-0.2, -0.15) is 5.26 Å². The minimum absolute atomic E-state index is 0.178. The van der Waals surface area contributed by atoms with Crippen LogP contribution in [0.2, 0.25) is 0 Å². The van der Waals surface area contributed by atoms with Crippen molar-refractivity contribution in [3.63, 3.8) is 0 Å². The summed E-state index contributed by atoms with van der Waals surface area (Å²) in [6.07, 6.45) is 3.90. The van der Waals surface area contributed by atoms with E-state index >= 15 is 0 Å². The van der Waals surface area contributed by atoms with Gasteiger partial charge in [0.1, 0.15) is 0 Å². The first-order valence-electron chi connectivity index (χ1n) is 7.96. The van der Waals surface area contributed by atoms with Crippen molar-refractivity contribution >= 4 is 0 Å². The summed E-state index contributed by atoms with van der Waals surface area (Å²) in [4.78, 5) is 2.59. The third-order valence-electron chi connectivity index (χ3n) is 4.09. The highest BCUT2D eigenvalue weighted by molar-refractivity contribution is 5.31. The second kappa shape index (κ2) is 7.06. The van der Waals surface area contributed by atoms with Crippen LogP contribution in [0.25, 0.3) is 0 Å². The molecule has 0 radical (unpaired) electrons. The second-order valence-electron chi connectivity index (χ2n) is 7.06. The van der Waals surface area contributed by atoms with Crippen LogP contribution in [0, 0.1) is 11.3 Å². The molecule has 1 aliphatic heterocycles. The average molecular weight is 285 g/mol. The number of likely N-dealkylation sites (tertiary alicyclic amines) is 1. The molecule has 1 aliphatic rings. The Kier molecular flexibility index (Phi) is 5.39. The fourth-order valence-corrected chi connectivity index (χ4v) is 2.84. The molecular weight excluding hydrogens is 258 g/mol. The molecule has 0 aliphatic carbocycles.